The summed E-state index contributed by atoms with van der Waals surface area (Å²) in [6, 6.07) is 11.1. The number of fused-ring (bicyclic) bond motifs is 1. The van der Waals surface area contributed by atoms with Crippen molar-refractivity contribution in [3.05, 3.63) is 77.9 Å². The number of benzene rings is 2. The van der Waals surface area contributed by atoms with Crippen LogP contribution >= 0.6 is 22.6 Å². The Labute approximate surface area is 167 Å². The first-order valence-electron chi connectivity index (χ1n) is 8.12. The largest absolute Gasteiger partial charge is 0.331 e. The standard InChI is InChI=1S/C18H15IN4O4/c1-2-22(18(25)13-9-11(23(26)27)7-8-14(13)19)10-16-20-15-6-4-3-5-12(15)17(24)21-16/h3-9H,2,10H2,1H3,(H,20,21,24). The normalized spacial score (nSPS) is 10.7. The second-order valence-corrected chi connectivity index (χ2v) is 6.93. The Morgan fingerprint density at radius 2 is 2.04 bits per heavy atom. The number of hydrogen-bond acceptors (Lipinski definition) is 5. The SMILES string of the molecule is CCN(Cc1nc2ccccc2c(=O)[nH]1)C(=O)c1cc([N+](=O)[O-])ccc1I. The van der Waals surface area contributed by atoms with E-state index in [0.29, 0.717) is 26.8 Å². The average Bonchev–Trinajstić information content (AvgIpc) is 2.66. The van der Waals surface area contributed by atoms with Crippen molar-refractivity contribution >= 4 is 45.1 Å². The van der Waals surface area contributed by atoms with E-state index in [1.807, 2.05) is 22.6 Å². The molecule has 1 heterocycles. The second-order valence-electron chi connectivity index (χ2n) is 5.77. The summed E-state index contributed by atoms with van der Waals surface area (Å²) < 4.78 is 0.613. The van der Waals surface area contributed by atoms with Gasteiger partial charge in [-0.05, 0) is 47.7 Å². The fourth-order valence-corrected chi connectivity index (χ4v) is 3.25. The third-order valence-electron chi connectivity index (χ3n) is 4.06. The number of nitro groups is 1. The number of carbonyl (C=O) groups excluding carboxylic acids is 1. The number of aromatic amines is 1. The van der Waals surface area contributed by atoms with E-state index >= 15 is 0 Å². The van der Waals surface area contributed by atoms with Crippen molar-refractivity contribution in [1.82, 2.24) is 14.9 Å². The Hall–Kier alpha value is -2.82. The van der Waals surface area contributed by atoms with Gasteiger partial charge in [0.15, 0.2) is 0 Å². The van der Waals surface area contributed by atoms with Crippen LogP contribution < -0.4 is 5.56 Å². The fourth-order valence-electron chi connectivity index (χ4n) is 2.68. The molecule has 8 nitrogen and oxygen atoms in total. The van der Waals surface area contributed by atoms with Gasteiger partial charge in [0.25, 0.3) is 17.2 Å². The summed E-state index contributed by atoms with van der Waals surface area (Å²) in [5.74, 6) is -0.00394. The first kappa shape index (κ1) is 19.0. The number of nitrogens with zero attached hydrogens (tertiary/aromatic N) is 3. The van der Waals surface area contributed by atoms with Gasteiger partial charge in [-0.25, -0.2) is 4.98 Å². The summed E-state index contributed by atoms with van der Waals surface area (Å²) in [4.78, 5) is 44.2. The maximum absolute atomic E-state index is 12.9. The van der Waals surface area contributed by atoms with Gasteiger partial charge in [0.1, 0.15) is 5.82 Å². The first-order chi connectivity index (χ1) is 12.9. The van der Waals surface area contributed by atoms with Gasteiger partial charge in [0.05, 0.1) is 27.9 Å². The molecule has 0 unspecified atom stereocenters. The molecule has 3 rings (SSSR count). The van der Waals surface area contributed by atoms with E-state index in [2.05, 4.69) is 9.97 Å². The number of carbonyl (C=O) groups is 1. The maximum atomic E-state index is 12.9. The summed E-state index contributed by atoms with van der Waals surface area (Å²) >= 11 is 1.97. The summed E-state index contributed by atoms with van der Waals surface area (Å²) in [6.07, 6.45) is 0. The van der Waals surface area contributed by atoms with Crippen LogP contribution in [0.25, 0.3) is 10.9 Å². The number of hydrogen-bond donors (Lipinski definition) is 1. The molecule has 1 aromatic heterocycles. The Morgan fingerprint density at radius 3 is 2.74 bits per heavy atom. The molecule has 0 radical (unpaired) electrons. The van der Waals surface area contributed by atoms with E-state index in [0.717, 1.165) is 0 Å². The van der Waals surface area contributed by atoms with Crippen molar-refractivity contribution < 1.29 is 9.72 Å². The van der Waals surface area contributed by atoms with Gasteiger partial charge in [0.2, 0.25) is 0 Å². The summed E-state index contributed by atoms with van der Waals surface area (Å²) in [7, 11) is 0. The monoisotopic (exact) mass is 478 g/mol. The number of aromatic nitrogens is 2. The van der Waals surface area contributed by atoms with Crippen LogP contribution in [0.1, 0.15) is 23.1 Å². The zero-order chi connectivity index (χ0) is 19.6. The van der Waals surface area contributed by atoms with E-state index in [-0.39, 0.29) is 29.3 Å². The number of para-hydroxylation sites is 1. The minimum Gasteiger partial charge on any atom is -0.331 e. The predicted octanol–water partition coefficient (Wildman–Crippen LogP) is 3.10. The van der Waals surface area contributed by atoms with Crippen LogP contribution in [0.2, 0.25) is 0 Å². The van der Waals surface area contributed by atoms with Crippen LogP contribution in [-0.4, -0.2) is 32.2 Å². The Balaban J connectivity index is 1.94. The second kappa shape index (κ2) is 7.82. The van der Waals surface area contributed by atoms with E-state index in [9.17, 15) is 19.7 Å². The maximum Gasteiger partial charge on any atom is 0.270 e. The van der Waals surface area contributed by atoms with Crippen molar-refractivity contribution in [2.24, 2.45) is 0 Å². The summed E-state index contributed by atoms with van der Waals surface area (Å²) in [5, 5.41) is 11.5. The molecular formula is C18H15IN4O4. The smallest absolute Gasteiger partial charge is 0.270 e. The molecule has 0 fully saturated rings. The average molecular weight is 478 g/mol. The molecule has 27 heavy (non-hydrogen) atoms. The molecule has 0 atom stereocenters. The zero-order valence-electron chi connectivity index (χ0n) is 14.3. The zero-order valence-corrected chi connectivity index (χ0v) is 16.5. The van der Waals surface area contributed by atoms with Crippen molar-refractivity contribution in [1.29, 1.82) is 0 Å². The lowest BCUT2D eigenvalue weighted by atomic mass is 10.1. The minimum atomic E-state index is -0.536. The molecule has 0 saturated heterocycles. The first-order valence-corrected chi connectivity index (χ1v) is 9.19. The lowest BCUT2D eigenvalue weighted by Crippen LogP contribution is -2.32. The number of halogens is 1. The van der Waals surface area contributed by atoms with Crippen LogP contribution in [0.4, 0.5) is 5.69 Å². The fraction of sp³-hybridized carbons (Fsp3) is 0.167. The van der Waals surface area contributed by atoms with Gasteiger partial charge < -0.3 is 9.88 Å². The Bertz CT molecular complexity index is 1100. The number of nitro benzene ring substituents is 1. The topological polar surface area (TPSA) is 109 Å². The van der Waals surface area contributed by atoms with Gasteiger partial charge in [-0.15, -0.1) is 0 Å². The van der Waals surface area contributed by atoms with E-state index in [4.69, 9.17) is 0 Å². The summed E-state index contributed by atoms with van der Waals surface area (Å²) in [6.45, 7) is 2.24. The number of amides is 1. The highest BCUT2D eigenvalue weighted by atomic mass is 127. The highest BCUT2D eigenvalue weighted by molar-refractivity contribution is 14.1. The molecule has 0 spiro atoms. The van der Waals surface area contributed by atoms with Crippen molar-refractivity contribution in [3.63, 3.8) is 0 Å². The van der Waals surface area contributed by atoms with Crippen LogP contribution in [-0.2, 0) is 6.54 Å². The van der Waals surface area contributed by atoms with Crippen molar-refractivity contribution in [3.8, 4) is 0 Å². The van der Waals surface area contributed by atoms with E-state index < -0.39 is 4.92 Å². The highest BCUT2D eigenvalue weighted by Gasteiger charge is 2.21. The van der Waals surface area contributed by atoms with Gasteiger partial charge in [0, 0.05) is 22.2 Å². The van der Waals surface area contributed by atoms with Gasteiger partial charge in [-0.1, -0.05) is 12.1 Å². The highest BCUT2D eigenvalue weighted by Crippen LogP contribution is 2.21. The minimum absolute atomic E-state index is 0.0914. The number of nitrogens with one attached hydrogen (secondary N) is 1. The molecule has 0 bridgehead atoms. The van der Waals surface area contributed by atoms with Crippen LogP contribution in [0.3, 0.4) is 0 Å². The van der Waals surface area contributed by atoms with Crippen molar-refractivity contribution in [2.45, 2.75) is 13.5 Å². The summed E-state index contributed by atoms with van der Waals surface area (Å²) in [5.41, 5.74) is 0.371. The Morgan fingerprint density at radius 1 is 1.30 bits per heavy atom. The third kappa shape index (κ3) is 3.97. The predicted molar refractivity (Wildman–Crippen MR) is 109 cm³/mol. The van der Waals surface area contributed by atoms with Gasteiger partial charge in [-0.3, -0.25) is 19.7 Å². The lowest BCUT2D eigenvalue weighted by Gasteiger charge is -2.21. The number of non-ortho nitro benzene ring substituents is 1. The number of H-pyrrole nitrogens is 1. The molecule has 1 amide bonds. The van der Waals surface area contributed by atoms with Crippen LogP contribution in [0.5, 0.6) is 0 Å². The van der Waals surface area contributed by atoms with Crippen LogP contribution in [0, 0.1) is 13.7 Å². The molecule has 3 aromatic rings. The van der Waals surface area contributed by atoms with Gasteiger partial charge in [-0.2, -0.15) is 0 Å². The quantitative estimate of drug-likeness (QED) is 0.345. The van der Waals surface area contributed by atoms with Gasteiger partial charge >= 0.3 is 0 Å². The van der Waals surface area contributed by atoms with Crippen LogP contribution in [0.15, 0.2) is 47.3 Å². The molecule has 0 aliphatic heterocycles. The molecule has 138 valence electrons. The molecule has 0 saturated carbocycles. The lowest BCUT2D eigenvalue weighted by molar-refractivity contribution is -0.384. The molecule has 0 aliphatic rings. The third-order valence-corrected chi connectivity index (χ3v) is 5.00. The number of rotatable bonds is 5. The van der Waals surface area contributed by atoms with E-state index in [1.165, 1.54) is 23.1 Å². The Kier molecular flexibility index (Phi) is 5.49. The molecular weight excluding hydrogens is 463 g/mol. The molecule has 1 N–H and O–H groups in total. The molecule has 2 aromatic carbocycles. The molecule has 9 heteroatoms. The van der Waals surface area contributed by atoms with Crippen molar-refractivity contribution in [2.75, 3.05) is 6.54 Å². The van der Waals surface area contributed by atoms with E-state index in [1.54, 1.807) is 31.2 Å². The molecule has 0 aliphatic carbocycles.